The number of hydrogen-bond acceptors (Lipinski definition) is 3. The first-order valence-corrected chi connectivity index (χ1v) is 9.10. The largest absolute Gasteiger partial charge is 0.378 e. The zero-order chi connectivity index (χ0) is 18.5. The molecule has 0 unspecified atom stereocenters. The average Bonchev–Trinajstić information content (AvgIpc) is 2.64. The van der Waals surface area contributed by atoms with Gasteiger partial charge in [-0.05, 0) is 30.7 Å². The molecule has 1 saturated heterocycles. The van der Waals surface area contributed by atoms with E-state index in [1.54, 1.807) is 18.0 Å². The standard InChI is InChI=1S/C20H24ClN3O2/c1-15-3-5-16(6-4-15)14-23(2)20(25)22-18-13-17(21)7-8-19(18)24-9-11-26-12-10-24/h3-8,13H,9-12,14H2,1-2H3,(H,22,25). The van der Waals surface area contributed by atoms with Crippen molar-refractivity contribution in [1.29, 1.82) is 0 Å². The van der Waals surface area contributed by atoms with E-state index in [0.717, 1.165) is 30.0 Å². The van der Waals surface area contributed by atoms with E-state index in [0.29, 0.717) is 24.8 Å². The summed E-state index contributed by atoms with van der Waals surface area (Å²) in [5.74, 6) is 0. The molecular weight excluding hydrogens is 350 g/mol. The summed E-state index contributed by atoms with van der Waals surface area (Å²) in [4.78, 5) is 16.5. The number of halogens is 1. The van der Waals surface area contributed by atoms with E-state index in [1.807, 2.05) is 31.2 Å². The summed E-state index contributed by atoms with van der Waals surface area (Å²) in [5.41, 5.74) is 3.98. The van der Waals surface area contributed by atoms with Crippen LogP contribution in [0.2, 0.25) is 5.02 Å². The van der Waals surface area contributed by atoms with Gasteiger partial charge in [-0.3, -0.25) is 0 Å². The Morgan fingerprint density at radius 2 is 1.88 bits per heavy atom. The molecule has 0 atom stereocenters. The lowest BCUT2D eigenvalue weighted by molar-refractivity contribution is 0.123. The predicted molar refractivity (Wildman–Crippen MR) is 106 cm³/mol. The van der Waals surface area contributed by atoms with Crippen molar-refractivity contribution in [3.63, 3.8) is 0 Å². The third-order valence-corrected chi connectivity index (χ3v) is 4.67. The van der Waals surface area contributed by atoms with Crippen LogP contribution in [0.1, 0.15) is 11.1 Å². The molecule has 0 aromatic heterocycles. The Labute approximate surface area is 159 Å². The molecule has 1 aliphatic heterocycles. The van der Waals surface area contributed by atoms with E-state index in [1.165, 1.54) is 5.56 Å². The number of carbonyl (C=O) groups is 1. The number of benzene rings is 2. The Morgan fingerprint density at radius 3 is 2.58 bits per heavy atom. The summed E-state index contributed by atoms with van der Waals surface area (Å²) in [6, 6.07) is 13.6. The highest BCUT2D eigenvalue weighted by atomic mass is 35.5. The molecule has 2 amide bonds. The van der Waals surface area contributed by atoms with Crippen LogP contribution in [0.25, 0.3) is 0 Å². The Kier molecular flexibility index (Phi) is 6.01. The van der Waals surface area contributed by atoms with E-state index >= 15 is 0 Å². The summed E-state index contributed by atoms with van der Waals surface area (Å²) >= 11 is 6.16. The van der Waals surface area contributed by atoms with E-state index in [2.05, 4.69) is 22.3 Å². The number of nitrogens with one attached hydrogen (secondary N) is 1. The highest BCUT2D eigenvalue weighted by Crippen LogP contribution is 2.30. The topological polar surface area (TPSA) is 44.8 Å². The minimum Gasteiger partial charge on any atom is -0.378 e. The minimum atomic E-state index is -0.164. The molecule has 1 heterocycles. The molecule has 1 fully saturated rings. The summed E-state index contributed by atoms with van der Waals surface area (Å²) in [6.07, 6.45) is 0. The number of carbonyl (C=O) groups excluding carboxylic acids is 1. The number of amides is 2. The number of morpholine rings is 1. The molecule has 6 heteroatoms. The smallest absolute Gasteiger partial charge is 0.321 e. The molecule has 1 aliphatic rings. The molecule has 138 valence electrons. The van der Waals surface area contributed by atoms with Crippen LogP contribution in [0.15, 0.2) is 42.5 Å². The van der Waals surface area contributed by atoms with Crippen molar-refractivity contribution in [2.75, 3.05) is 43.6 Å². The number of aryl methyl sites for hydroxylation is 1. The Balaban J connectivity index is 1.71. The van der Waals surface area contributed by atoms with Crippen molar-refractivity contribution in [2.45, 2.75) is 13.5 Å². The quantitative estimate of drug-likeness (QED) is 0.875. The zero-order valence-corrected chi connectivity index (χ0v) is 15.9. The van der Waals surface area contributed by atoms with Gasteiger partial charge in [0, 0.05) is 31.7 Å². The van der Waals surface area contributed by atoms with Crippen LogP contribution < -0.4 is 10.2 Å². The molecule has 0 spiro atoms. The third kappa shape index (κ3) is 4.68. The highest BCUT2D eigenvalue weighted by Gasteiger charge is 2.18. The van der Waals surface area contributed by atoms with E-state index in [9.17, 15) is 4.79 Å². The highest BCUT2D eigenvalue weighted by molar-refractivity contribution is 6.31. The number of rotatable bonds is 4. The number of anilines is 2. The van der Waals surface area contributed by atoms with Gasteiger partial charge in [0.25, 0.3) is 0 Å². The van der Waals surface area contributed by atoms with Crippen molar-refractivity contribution in [2.24, 2.45) is 0 Å². The summed E-state index contributed by atoms with van der Waals surface area (Å²) in [7, 11) is 1.79. The van der Waals surface area contributed by atoms with E-state index in [4.69, 9.17) is 16.3 Å². The fraction of sp³-hybridized carbons (Fsp3) is 0.350. The molecule has 0 bridgehead atoms. The lowest BCUT2D eigenvalue weighted by Crippen LogP contribution is -2.37. The van der Waals surface area contributed by atoms with Crippen LogP contribution in [-0.2, 0) is 11.3 Å². The lowest BCUT2D eigenvalue weighted by Gasteiger charge is -2.31. The second kappa shape index (κ2) is 8.43. The number of nitrogens with zero attached hydrogens (tertiary/aromatic N) is 2. The Bertz CT molecular complexity index is 758. The van der Waals surface area contributed by atoms with Crippen molar-refractivity contribution < 1.29 is 9.53 Å². The maximum Gasteiger partial charge on any atom is 0.321 e. The minimum absolute atomic E-state index is 0.164. The number of urea groups is 1. The Morgan fingerprint density at radius 1 is 1.19 bits per heavy atom. The van der Waals surface area contributed by atoms with Crippen molar-refractivity contribution in [3.8, 4) is 0 Å². The molecule has 3 rings (SSSR count). The van der Waals surface area contributed by atoms with Crippen molar-refractivity contribution >= 4 is 29.0 Å². The molecule has 2 aromatic rings. The zero-order valence-electron chi connectivity index (χ0n) is 15.2. The summed E-state index contributed by atoms with van der Waals surface area (Å²) in [6.45, 7) is 5.55. The van der Waals surface area contributed by atoms with Gasteiger partial charge in [-0.1, -0.05) is 41.4 Å². The molecule has 2 aromatic carbocycles. The first-order valence-electron chi connectivity index (χ1n) is 8.73. The number of ether oxygens (including phenoxy) is 1. The predicted octanol–water partition coefficient (Wildman–Crippen LogP) is 4.15. The van der Waals surface area contributed by atoms with Gasteiger partial charge in [-0.15, -0.1) is 0 Å². The van der Waals surface area contributed by atoms with E-state index < -0.39 is 0 Å². The molecule has 0 radical (unpaired) electrons. The monoisotopic (exact) mass is 373 g/mol. The van der Waals surface area contributed by atoms with Gasteiger partial charge < -0.3 is 19.9 Å². The van der Waals surface area contributed by atoms with Gasteiger partial charge in [0.2, 0.25) is 0 Å². The van der Waals surface area contributed by atoms with Crippen LogP contribution >= 0.6 is 11.6 Å². The van der Waals surface area contributed by atoms with Crippen LogP contribution in [0.3, 0.4) is 0 Å². The third-order valence-electron chi connectivity index (χ3n) is 4.44. The molecule has 0 saturated carbocycles. The van der Waals surface area contributed by atoms with Crippen LogP contribution in [0.4, 0.5) is 16.2 Å². The molecule has 0 aliphatic carbocycles. The van der Waals surface area contributed by atoms with Gasteiger partial charge >= 0.3 is 6.03 Å². The second-order valence-corrected chi connectivity index (χ2v) is 6.97. The Hall–Kier alpha value is -2.24. The maximum absolute atomic E-state index is 12.7. The molecule has 26 heavy (non-hydrogen) atoms. The van der Waals surface area contributed by atoms with E-state index in [-0.39, 0.29) is 6.03 Å². The van der Waals surface area contributed by atoms with Gasteiger partial charge in [-0.25, -0.2) is 4.79 Å². The van der Waals surface area contributed by atoms with Gasteiger partial charge in [0.05, 0.1) is 24.6 Å². The first kappa shape index (κ1) is 18.5. The fourth-order valence-corrected chi connectivity index (χ4v) is 3.11. The van der Waals surface area contributed by atoms with Gasteiger partial charge in [-0.2, -0.15) is 0 Å². The number of hydrogen-bond donors (Lipinski definition) is 1. The average molecular weight is 374 g/mol. The van der Waals surface area contributed by atoms with Crippen LogP contribution in [0, 0.1) is 6.92 Å². The van der Waals surface area contributed by atoms with Crippen LogP contribution in [-0.4, -0.2) is 44.3 Å². The second-order valence-electron chi connectivity index (χ2n) is 6.53. The lowest BCUT2D eigenvalue weighted by atomic mass is 10.1. The van der Waals surface area contributed by atoms with Gasteiger partial charge in [0.1, 0.15) is 0 Å². The SMILES string of the molecule is Cc1ccc(CN(C)C(=O)Nc2cc(Cl)ccc2N2CCOCC2)cc1. The molecule has 1 N–H and O–H groups in total. The normalized spacial score (nSPS) is 14.2. The van der Waals surface area contributed by atoms with Crippen molar-refractivity contribution in [3.05, 3.63) is 58.6 Å². The summed E-state index contributed by atoms with van der Waals surface area (Å²) < 4.78 is 5.42. The van der Waals surface area contributed by atoms with Crippen molar-refractivity contribution in [1.82, 2.24) is 4.90 Å². The van der Waals surface area contributed by atoms with Gasteiger partial charge in [0.15, 0.2) is 0 Å². The first-order chi connectivity index (χ1) is 12.5. The van der Waals surface area contributed by atoms with Crippen LogP contribution in [0.5, 0.6) is 0 Å². The molecule has 5 nitrogen and oxygen atoms in total. The maximum atomic E-state index is 12.7. The molecular formula is C20H24ClN3O2. The fourth-order valence-electron chi connectivity index (χ4n) is 2.94. The summed E-state index contributed by atoms with van der Waals surface area (Å²) in [5, 5.41) is 3.60.